The molecule has 20 heavy (non-hydrogen) atoms. The van der Waals surface area contributed by atoms with Gasteiger partial charge in [-0.1, -0.05) is 29.8 Å². The highest BCUT2D eigenvalue weighted by atomic mass is 19.4. The Morgan fingerprint density at radius 1 is 1.50 bits per heavy atom. The van der Waals surface area contributed by atoms with Crippen LogP contribution in [-0.2, 0) is 11.2 Å². The van der Waals surface area contributed by atoms with Crippen molar-refractivity contribution in [3.63, 3.8) is 0 Å². The second kappa shape index (κ2) is 5.09. The third kappa shape index (κ3) is 2.40. The number of alkyl halides is 3. The van der Waals surface area contributed by atoms with Crippen molar-refractivity contribution in [3.8, 4) is 0 Å². The van der Waals surface area contributed by atoms with Gasteiger partial charge in [0.2, 0.25) is 0 Å². The molecule has 1 aliphatic rings. The summed E-state index contributed by atoms with van der Waals surface area (Å²) in [6, 6.07) is 7.14. The lowest BCUT2D eigenvalue weighted by molar-refractivity contribution is -0.236. The normalized spacial score (nSPS) is 26.7. The van der Waals surface area contributed by atoms with Crippen molar-refractivity contribution in [2.45, 2.75) is 19.5 Å². The van der Waals surface area contributed by atoms with E-state index in [-0.39, 0.29) is 13.0 Å². The van der Waals surface area contributed by atoms with Crippen molar-refractivity contribution >= 4 is 5.97 Å². The van der Waals surface area contributed by atoms with Crippen LogP contribution in [0.3, 0.4) is 0 Å². The molecule has 0 saturated carbocycles. The summed E-state index contributed by atoms with van der Waals surface area (Å²) >= 11 is 0. The smallest absolute Gasteiger partial charge is 0.406 e. The number of carbonyl (C=O) groups is 1. The molecule has 2 atom stereocenters. The van der Waals surface area contributed by atoms with Crippen molar-refractivity contribution in [2.75, 3.05) is 13.1 Å². The fourth-order valence-corrected chi connectivity index (χ4v) is 2.84. The first-order valence-electron chi connectivity index (χ1n) is 6.34. The quantitative estimate of drug-likeness (QED) is 0.897. The second-order valence-electron chi connectivity index (χ2n) is 5.30. The Labute approximate surface area is 114 Å². The summed E-state index contributed by atoms with van der Waals surface area (Å²) in [5, 5.41) is 11.7. The first-order valence-corrected chi connectivity index (χ1v) is 6.34. The van der Waals surface area contributed by atoms with Crippen LogP contribution in [0.25, 0.3) is 0 Å². The van der Waals surface area contributed by atoms with E-state index in [2.05, 4.69) is 5.32 Å². The number of aliphatic carboxylic acids is 1. The molecule has 1 aromatic rings. The maximum Gasteiger partial charge on any atom is 0.406 e. The largest absolute Gasteiger partial charge is 0.481 e. The predicted octanol–water partition coefficient (Wildman–Crippen LogP) is 2.39. The third-order valence-corrected chi connectivity index (χ3v) is 3.94. The minimum Gasteiger partial charge on any atom is -0.481 e. The van der Waals surface area contributed by atoms with Crippen LogP contribution in [0.5, 0.6) is 0 Å². The summed E-state index contributed by atoms with van der Waals surface area (Å²) in [7, 11) is 0. The van der Waals surface area contributed by atoms with Gasteiger partial charge in [-0.05, 0) is 25.5 Å². The van der Waals surface area contributed by atoms with Crippen LogP contribution in [0.1, 0.15) is 11.1 Å². The highest BCUT2D eigenvalue weighted by Gasteiger charge is 2.66. The number of nitrogens with one attached hydrogen (secondary N) is 1. The number of halogens is 3. The molecule has 1 saturated heterocycles. The summed E-state index contributed by atoms with van der Waals surface area (Å²) in [5.41, 5.74) is -1.02. The zero-order valence-corrected chi connectivity index (χ0v) is 11.0. The zero-order chi connectivity index (χ0) is 15.0. The topological polar surface area (TPSA) is 49.3 Å². The highest BCUT2D eigenvalue weighted by Crippen LogP contribution is 2.47. The molecule has 2 rings (SSSR count). The zero-order valence-electron chi connectivity index (χ0n) is 11.0. The van der Waals surface area contributed by atoms with Crippen LogP contribution in [0.4, 0.5) is 13.2 Å². The maximum absolute atomic E-state index is 13.3. The van der Waals surface area contributed by atoms with Gasteiger partial charge in [0.05, 0.1) is 0 Å². The number of carboxylic acids is 1. The van der Waals surface area contributed by atoms with Crippen molar-refractivity contribution in [3.05, 3.63) is 35.4 Å². The average Bonchev–Trinajstić information content (AvgIpc) is 2.73. The molecule has 1 aromatic carbocycles. The molecule has 110 valence electrons. The molecule has 0 radical (unpaired) electrons. The molecule has 1 heterocycles. The molecule has 2 unspecified atom stereocenters. The maximum atomic E-state index is 13.3. The molecule has 0 spiro atoms. The Kier molecular flexibility index (Phi) is 3.77. The van der Waals surface area contributed by atoms with Gasteiger partial charge in [0, 0.05) is 12.5 Å². The standard InChI is InChI=1S/C14H16F3NO2/c1-9-3-2-4-10(5-9)6-11-7-18-8-13(11,12(19)20)14(15,16)17/h2-5,11,18H,6-8H2,1H3,(H,19,20). The van der Waals surface area contributed by atoms with E-state index in [1.165, 1.54) is 0 Å². The minimum atomic E-state index is -4.77. The first kappa shape index (κ1) is 14.8. The van der Waals surface area contributed by atoms with E-state index < -0.39 is 30.0 Å². The van der Waals surface area contributed by atoms with Gasteiger partial charge < -0.3 is 10.4 Å². The Morgan fingerprint density at radius 3 is 2.75 bits per heavy atom. The van der Waals surface area contributed by atoms with Crippen molar-refractivity contribution in [2.24, 2.45) is 11.3 Å². The summed E-state index contributed by atoms with van der Waals surface area (Å²) in [4.78, 5) is 11.3. The second-order valence-corrected chi connectivity index (χ2v) is 5.30. The van der Waals surface area contributed by atoms with Crippen LogP contribution in [0.15, 0.2) is 24.3 Å². The van der Waals surface area contributed by atoms with E-state index in [9.17, 15) is 18.0 Å². The van der Waals surface area contributed by atoms with Crippen molar-refractivity contribution in [1.29, 1.82) is 0 Å². The van der Waals surface area contributed by atoms with Gasteiger partial charge >= 0.3 is 12.1 Å². The van der Waals surface area contributed by atoms with Crippen LogP contribution >= 0.6 is 0 Å². The number of aryl methyl sites for hydroxylation is 1. The molecule has 0 bridgehead atoms. The Morgan fingerprint density at radius 2 is 2.20 bits per heavy atom. The van der Waals surface area contributed by atoms with Crippen LogP contribution < -0.4 is 5.32 Å². The van der Waals surface area contributed by atoms with Gasteiger partial charge in [-0.15, -0.1) is 0 Å². The SMILES string of the molecule is Cc1cccc(CC2CNCC2(C(=O)O)C(F)(F)F)c1. The molecule has 1 aliphatic heterocycles. The minimum absolute atomic E-state index is 0.0553. The lowest BCUT2D eigenvalue weighted by Crippen LogP contribution is -2.51. The lowest BCUT2D eigenvalue weighted by atomic mass is 9.74. The molecule has 2 N–H and O–H groups in total. The molecule has 0 aliphatic carbocycles. The van der Waals surface area contributed by atoms with E-state index in [0.717, 1.165) is 11.1 Å². The highest BCUT2D eigenvalue weighted by molar-refractivity contribution is 5.77. The fourth-order valence-electron chi connectivity index (χ4n) is 2.84. The summed E-state index contributed by atoms with van der Waals surface area (Å²) in [6.07, 6.45) is -4.67. The van der Waals surface area contributed by atoms with Crippen LogP contribution in [0, 0.1) is 18.3 Å². The Balaban J connectivity index is 2.32. The molecule has 0 aromatic heterocycles. The van der Waals surface area contributed by atoms with Crippen molar-refractivity contribution < 1.29 is 23.1 Å². The molecule has 6 heteroatoms. The van der Waals surface area contributed by atoms with Crippen LogP contribution in [-0.4, -0.2) is 30.3 Å². The first-order chi connectivity index (χ1) is 9.27. The van der Waals surface area contributed by atoms with Gasteiger partial charge in [0.1, 0.15) is 0 Å². The van der Waals surface area contributed by atoms with E-state index >= 15 is 0 Å². The van der Waals surface area contributed by atoms with Gasteiger partial charge in [0.25, 0.3) is 0 Å². The molecule has 1 fully saturated rings. The average molecular weight is 287 g/mol. The molecule has 3 nitrogen and oxygen atoms in total. The predicted molar refractivity (Wildman–Crippen MR) is 67.4 cm³/mol. The van der Waals surface area contributed by atoms with E-state index in [1.807, 2.05) is 13.0 Å². The molecular weight excluding hydrogens is 271 g/mol. The summed E-state index contributed by atoms with van der Waals surface area (Å²) < 4.78 is 39.8. The number of hydrogen-bond acceptors (Lipinski definition) is 2. The van der Waals surface area contributed by atoms with E-state index in [1.54, 1.807) is 18.2 Å². The fraction of sp³-hybridized carbons (Fsp3) is 0.500. The van der Waals surface area contributed by atoms with Gasteiger partial charge in [-0.3, -0.25) is 4.79 Å². The third-order valence-electron chi connectivity index (χ3n) is 3.94. The molecular formula is C14H16F3NO2. The van der Waals surface area contributed by atoms with Crippen LogP contribution in [0.2, 0.25) is 0 Å². The monoisotopic (exact) mass is 287 g/mol. The number of rotatable bonds is 3. The summed E-state index contributed by atoms with van der Waals surface area (Å²) in [5.74, 6) is -2.80. The van der Waals surface area contributed by atoms with Gasteiger partial charge in [-0.2, -0.15) is 13.2 Å². The Hall–Kier alpha value is -1.56. The van der Waals surface area contributed by atoms with Crippen molar-refractivity contribution in [1.82, 2.24) is 5.32 Å². The van der Waals surface area contributed by atoms with Gasteiger partial charge in [0.15, 0.2) is 5.41 Å². The van der Waals surface area contributed by atoms with E-state index in [0.29, 0.717) is 0 Å². The van der Waals surface area contributed by atoms with Gasteiger partial charge in [-0.25, -0.2) is 0 Å². The molecule has 0 amide bonds. The lowest BCUT2D eigenvalue weighted by Gasteiger charge is -2.32. The summed E-state index contributed by atoms with van der Waals surface area (Å²) in [6.45, 7) is 1.34. The Bertz CT molecular complexity index is 515. The number of carboxylic acid groups (broad SMARTS) is 1. The number of hydrogen-bond donors (Lipinski definition) is 2. The van der Waals surface area contributed by atoms with E-state index in [4.69, 9.17) is 5.11 Å². The number of benzene rings is 1.